The Morgan fingerprint density at radius 1 is 0.690 bits per heavy atom. The van der Waals surface area contributed by atoms with Gasteiger partial charge in [0.05, 0.1) is 0 Å². The average Bonchev–Trinajstić information content (AvgIpc) is 3.28. The molecule has 0 aliphatic heterocycles. The summed E-state index contributed by atoms with van der Waals surface area (Å²) in [5, 5.41) is 0. The van der Waals surface area contributed by atoms with Gasteiger partial charge < -0.3 is 15.2 Å². The quantitative estimate of drug-likeness (QED) is 0.546. The van der Waals surface area contributed by atoms with Crippen molar-refractivity contribution in [3.05, 3.63) is 95.6 Å². The predicted octanol–water partition coefficient (Wildman–Crippen LogP) is 5.62. The zero-order chi connectivity index (χ0) is 19.9. The molecule has 1 saturated carbocycles. The van der Waals surface area contributed by atoms with Gasteiger partial charge >= 0.3 is 0 Å². The van der Waals surface area contributed by atoms with E-state index in [9.17, 15) is 0 Å². The lowest BCUT2D eigenvalue weighted by Gasteiger charge is -2.28. The molecule has 0 unspecified atom stereocenters. The van der Waals surface area contributed by atoms with Crippen LogP contribution in [0.15, 0.2) is 78.9 Å². The first kappa shape index (κ1) is 19.5. The fourth-order valence-electron chi connectivity index (χ4n) is 4.20. The van der Waals surface area contributed by atoms with Crippen LogP contribution in [-0.2, 0) is 18.6 Å². The number of hydrogen-bond donors (Lipinski definition) is 1. The predicted molar refractivity (Wildman–Crippen MR) is 117 cm³/mol. The smallest absolute Gasteiger partial charge is 0.161 e. The first-order valence-electron chi connectivity index (χ1n) is 10.5. The van der Waals surface area contributed by atoms with E-state index in [-0.39, 0.29) is 5.41 Å². The number of rotatable bonds is 8. The van der Waals surface area contributed by atoms with Crippen LogP contribution in [0.4, 0.5) is 0 Å². The van der Waals surface area contributed by atoms with Crippen LogP contribution in [0.5, 0.6) is 11.5 Å². The molecule has 4 rings (SSSR count). The van der Waals surface area contributed by atoms with Crippen LogP contribution in [-0.4, -0.2) is 6.54 Å². The Balaban J connectivity index is 1.58. The summed E-state index contributed by atoms with van der Waals surface area (Å²) in [6.07, 6.45) is 4.77. The van der Waals surface area contributed by atoms with Crippen molar-refractivity contribution in [2.24, 2.45) is 5.73 Å². The maximum absolute atomic E-state index is 6.24. The van der Waals surface area contributed by atoms with E-state index in [1.807, 2.05) is 42.5 Å². The highest BCUT2D eigenvalue weighted by atomic mass is 16.5. The van der Waals surface area contributed by atoms with Gasteiger partial charge in [0.15, 0.2) is 11.5 Å². The molecule has 0 aromatic heterocycles. The Kier molecular flexibility index (Phi) is 6.16. The maximum Gasteiger partial charge on any atom is 0.161 e. The third-order valence-corrected chi connectivity index (χ3v) is 5.98. The first-order chi connectivity index (χ1) is 14.3. The second-order valence-electron chi connectivity index (χ2n) is 7.90. The minimum Gasteiger partial charge on any atom is -0.485 e. The minimum atomic E-state index is 0.0722. The molecule has 0 heterocycles. The van der Waals surface area contributed by atoms with E-state index in [0.29, 0.717) is 19.8 Å². The van der Waals surface area contributed by atoms with Gasteiger partial charge in [0, 0.05) is 12.0 Å². The third-order valence-electron chi connectivity index (χ3n) is 5.98. The summed E-state index contributed by atoms with van der Waals surface area (Å²) >= 11 is 0. The van der Waals surface area contributed by atoms with Crippen LogP contribution < -0.4 is 15.2 Å². The van der Waals surface area contributed by atoms with Crippen LogP contribution in [0.1, 0.15) is 42.4 Å². The number of hydrogen-bond acceptors (Lipinski definition) is 3. The van der Waals surface area contributed by atoms with Gasteiger partial charge in [-0.05, 0) is 41.7 Å². The monoisotopic (exact) mass is 387 g/mol. The van der Waals surface area contributed by atoms with Gasteiger partial charge in [0.2, 0.25) is 0 Å². The molecule has 0 spiro atoms. The van der Waals surface area contributed by atoms with Crippen LogP contribution in [0, 0.1) is 0 Å². The highest BCUT2D eigenvalue weighted by Gasteiger charge is 2.34. The van der Waals surface area contributed by atoms with E-state index in [0.717, 1.165) is 35.5 Å². The summed E-state index contributed by atoms with van der Waals surface area (Å²) in [5.41, 5.74) is 9.84. The lowest BCUT2D eigenvalue weighted by atomic mass is 9.79. The van der Waals surface area contributed by atoms with Crippen LogP contribution in [0.25, 0.3) is 0 Å². The summed E-state index contributed by atoms with van der Waals surface area (Å²) in [5.74, 6) is 1.57. The normalized spacial score (nSPS) is 15.2. The highest BCUT2D eigenvalue weighted by molar-refractivity contribution is 5.46. The van der Waals surface area contributed by atoms with E-state index in [2.05, 4.69) is 36.4 Å². The first-order valence-corrected chi connectivity index (χ1v) is 10.5. The van der Waals surface area contributed by atoms with Crippen molar-refractivity contribution in [3.8, 4) is 11.5 Å². The lowest BCUT2D eigenvalue weighted by molar-refractivity contribution is 0.255. The molecule has 2 N–H and O–H groups in total. The molecule has 0 bridgehead atoms. The van der Waals surface area contributed by atoms with E-state index in [1.54, 1.807) is 0 Å². The fraction of sp³-hybridized carbons (Fsp3) is 0.308. The van der Waals surface area contributed by atoms with Gasteiger partial charge in [-0.25, -0.2) is 0 Å². The van der Waals surface area contributed by atoms with Crippen molar-refractivity contribution in [2.45, 2.75) is 44.3 Å². The molecule has 0 saturated heterocycles. The van der Waals surface area contributed by atoms with Gasteiger partial charge in [0.25, 0.3) is 0 Å². The van der Waals surface area contributed by atoms with E-state index in [4.69, 9.17) is 15.2 Å². The highest BCUT2D eigenvalue weighted by Crippen LogP contribution is 2.43. The topological polar surface area (TPSA) is 44.5 Å². The van der Waals surface area contributed by atoms with Crippen molar-refractivity contribution >= 4 is 0 Å². The molecule has 1 aliphatic rings. The molecule has 29 heavy (non-hydrogen) atoms. The number of ether oxygens (including phenoxy) is 2. The zero-order valence-electron chi connectivity index (χ0n) is 16.8. The Morgan fingerprint density at radius 2 is 1.24 bits per heavy atom. The molecular formula is C26H29NO2. The van der Waals surface area contributed by atoms with Gasteiger partial charge in [0.1, 0.15) is 13.2 Å². The number of benzene rings is 3. The summed E-state index contributed by atoms with van der Waals surface area (Å²) in [6.45, 7) is 1.71. The maximum atomic E-state index is 6.24. The summed E-state index contributed by atoms with van der Waals surface area (Å²) in [7, 11) is 0. The fourth-order valence-corrected chi connectivity index (χ4v) is 4.20. The molecule has 1 aliphatic carbocycles. The molecule has 0 atom stereocenters. The zero-order valence-corrected chi connectivity index (χ0v) is 16.8. The van der Waals surface area contributed by atoms with Crippen molar-refractivity contribution < 1.29 is 9.47 Å². The average molecular weight is 388 g/mol. The molecule has 1 fully saturated rings. The molecular weight excluding hydrogens is 358 g/mol. The van der Waals surface area contributed by atoms with Gasteiger partial charge in [-0.15, -0.1) is 0 Å². The second-order valence-corrected chi connectivity index (χ2v) is 7.90. The Bertz CT molecular complexity index is 903. The lowest BCUT2D eigenvalue weighted by Crippen LogP contribution is -2.32. The Morgan fingerprint density at radius 3 is 1.79 bits per heavy atom. The van der Waals surface area contributed by atoms with E-state index < -0.39 is 0 Å². The molecule has 3 heteroatoms. The number of nitrogens with two attached hydrogens (primary N) is 1. The minimum absolute atomic E-state index is 0.0722. The van der Waals surface area contributed by atoms with Crippen molar-refractivity contribution in [2.75, 3.05) is 6.54 Å². The standard InChI is InChI=1S/C26H29NO2/c27-20-26(15-7-8-16-26)23-13-14-24(28-18-21-9-3-1-4-10-21)25(17-23)29-19-22-11-5-2-6-12-22/h1-6,9-14,17H,7-8,15-16,18-20,27H2. The largest absolute Gasteiger partial charge is 0.485 e. The molecule has 3 aromatic carbocycles. The second kappa shape index (κ2) is 9.15. The van der Waals surface area contributed by atoms with Crippen molar-refractivity contribution in [1.82, 2.24) is 0 Å². The molecule has 0 radical (unpaired) electrons. The Labute approximate surface area is 173 Å². The van der Waals surface area contributed by atoms with Crippen molar-refractivity contribution in [1.29, 1.82) is 0 Å². The van der Waals surface area contributed by atoms with Crippen LogP contribution in [0.3, 0.4) is 0 Å². The molecule has 0 amide bonds. The van der Waals surface area contributed by atoms with Gasteiger partial charge in [-0.2, -0.15) is 0 Å². The third kappa shape index (κ3) is 4.63. The van der Waals surface area contributed by atoms with E-state index in [1.165, 1.54) is 18.4 Å². The summed E-state index contributed by atoms with van der Waals surface area (Å²) in [4.78, 5) is 0. The van der Waals surface area contributed by atoms with Gasteiger partial charge in [-0.3, -0.25) is 0 Å². The molecule has 3 aromatic rings. The van der Waals surface area contributed by atoms with Crippen molar-refractivity contribution in [3.63, 3.8) is 0 Å². The van der Waals surface area contributed by atoms with Crippen LogP contribution >= 0.6 is 0 Å². The Hall–Kier alpha value is -2.78. The SMILES string of the molecule is NCC1(c2ccc(OCc3ccccc3)c(OCc3ccccc3)c2)CCCC1. The van der Waals surface area contributed by atoms with Crippen LogP contribution in [0.2, 0.25) is 0 Å². The molecule has 3 nitrogen and oxygen atoms in total. The van der Waals surface area contributed by atoms with E-state index >= 15 is 0 Å². The summed E-state index contributed by atoms with van der Waals surface area (Å²) < 4.78 is 12.4. The summed E-state index contributed by atoms with van der Waals surface area (Å²) in [6, 6.07) is 26.8. The van der Waals surface area contributed by atoms with Gasteiger partial charge in [-0.1, -0.05) is 79.6 Å². The molecule has 150 valence electrons.